The molecule has 1 fully saturated rings. The van der Waals surface area contributed by atoms with E-state index in [1.54, 1.807) is 0 Å². The van der Waals surface area contributed by atoms with Gasteiger partial charge in [0.2, 0.25) is 0 Å². The molecule has 104 valence electrons. The molecule has 1 unspecified atom stereocenters. The standard InChI is InChI=1S/C6H10O10P2/c7-1-2-3(8)4(9)5(10,17(12)13)6(11,16-2)18(14)15/h2-4,7-11H,1H2/t2-,3-,4+,5-,6?/m1/s1. The average Bonchev–Trinajstić information content (AvgIpc) is 2.30. The second kappa shape index (κ2) is 4.92. The highest BCUT2D eigenvalue weighted by Gasteiger charge is 2.71. The summed E-state index contributed by atoms with van der Waals surface area (Å²) in [5, 5.41) is 43.2. The van der Waals surface area contributed by atoms with Gasteiger partial charge in [-0.3, -0.25) is 0 Å². The van der Waals surface area contributed by atoms with Crippen molar-refractivity contribution in [1.29, 1.82) is 0 Å². The molecule has 0 amide bonds. The minimum absolute atomic E-state index is 1.02. The van der Waals surface area contributed by atoms with Crippen LogP contribution in [0.5, 0.6) is 0 Å². The van der Waals surface area contributed by atoms with E-state index in [1.807, 2.05) is 0 Å². The summed E-state index contributed by atoms with van der Waals surface area (Å²) in [6.07, 6.45) is -6.47. The van der Waals surface area contributed by atoms with E-state index in [-0.39, 0.29) is 0 Å². The number of aliphatic hydroxyl groups excluding tert-OH is 3. The summed E-state index contributed by atoms with van der Waals surface area (Å²) < 4.78 is 47.8. The molecule has 5 atom stereocenters. The largest absolute Gasteiger partial charge is 0.394 e. The molecule has 0 radical (unpaired) electrons. The zero-order chi connectivity index (χ0) is 14.3. The first-order valence-corrected chi connectivity index (χ1v) is 6.87. The van der Waals surface area contributed by atoms with Gasteiger partial charge < -0.3 is 30.3 Å². The first-order chi connectivity index (χ1) is 8.12. The van der Waals surface area contributed by atoms with Crippen molar-refractivity contribution in [2.24, 2.45) is 0 Å². The van der Waals surface area contributed by atoms with Crippen LogP contribution in [0.25, 0.3) is 0 Å². The van der Waals surface area contributed by atoms with Crippen molar-refractivity contribution in [2.75, 3.05) is 6.61 Å². The Balaban J connectivity index is 3.46. The lowest BCUT2D eigenvalue weighted by atomic mass is 9.98. The molecule has 1 heterocycles. The van der Waals surface area contributed by atoms with Gasteiger partial charge in [0.15, 0.2) is 0 Å². The molecule has 0 aliphatic carbocycles. The fraction of sp³-hybridized carbons (Fsp3) is 1.00. The number of hydrogen-bond donors (Lipinski definition) is 5. The Bertz CT molecular complexity index is 455. The van der Waals surface area contributed by atoms with Crippen molar-refractivity contribution in [2.45, 2.75) is 29.2 Å². The predicted octanol–water partition coefficient (Wildman–Crippen LogP) is -2.22. The van der Waals surface area contributed by atoms with Crippen molar-refractivity contribution in [1.82, 2.24) is 0 Å². The van der Waals surface area contributed by atoms with Crippen LogP contribution in [0.3, 0.4) is 0 Å². The minimum Gasteiger partial charge on any atom is -0.394 e. The molecular weight excluding hydrogens is 294 g/mol. The van der Waals surface area contributed by atoms with Crippen LogP contribution in [0.4, 0.5) is 0 Å². The van der Waals surface area contributed by atoms with Crippen LogP contribution in [0.2, 0.25) is 0 Å². The van der Waals surface area contributed by atoms with Crippen LogP contribution in [-0.2, 0) is 23.0 Å². The molecule has 5 N–H and O–H groups in total. The van der Waals surface area contributed by atoms with E-state index >= 15 is 0 Å². The second-order valence-electron chi connectivity index (χ2n) is 3.62. The van der Waals surface area contributed by atoms with Gasteiger partial charge in [-0.2, -0.15) is 0 Å². The third-order valence-corrected chi connectivity index (χ3v) is 4.86. The number of ether oxygens (including phenoxy) is 1. The van der Waals surface area contributed by atoms with Crippen LogP contribution in [0.15, 0.2) is 0 Å². The minimum atomic E-state index is -4.11. The molecule has 18 heavy (non-hydrogen) atoms. The van der Waals surface area contributed by atoms with Crippen LogP contribution in [0.1, 0.15) is 0 Å². The second-order valence-corrected chi connectivity index (χ2v) is 5.94. The van der Waals surface area contributed by atoms with Gasteiger partial charge in [-0.25, -0.2) is 18.3 Å². The molecule has 1 aliphatic rings. The Morgan fingerprint density at radius 3 is 1.89 bits per heavy atom. The van der Waals surface area contributed by atoms with Gasteiger partial charge >= 0.3 is 20.9 Å². The maximum Gasteiger partial charge on any atom is 0.381 e. The van der Waals surface area contributed by atoms with Crippen molar-refractivity contribution in [3.8, 4) is 0 Å². The first kappa shape index (κ1) is 15.6. The average molecular weight is 304 g/mol. The number of rotatable bonds is 3. The van der Waals surface area contributed by atoms with Gasteiger partial charge in [0.05, 0.1) is 6.61 Å². The molecule has 0 aromatic heterocycles. The predicted molar refractivity (Wildman–Crippen MR) is 50.5 cm³/mol. The van der Waals surface area contributed by atoms with Gasteiger partial charge in [0, 0.05) is 0 Å². The van der Waals surface area contributed by atoms with Gasteiger partial charge in [0.1, 0.15) is 18.3 Å². The van der Waals surface area contributed by atoms with Crippen molar-refractivity contribution < 1.29 is 48.5 Å². The van der Waals surface area contributed by atoms with Crippen LogP contribution >= 0.6 is 15.4 Å². The highest BCUT2D eigenvalue weighted by atomic mass is 31.1. The molecule has 12 heteroatoms. The Hall–Kier alpha value is -0.440. The number of hydrogen-bond acceptors (Lipinski definition) is 10. The Morgan fingerprint density at radius 1 is 1.06 bits per heavy atom. The summed E-state index contributed by atoms with van der Waals surface area (Å²) >= 11 is 0. The summed E-state index contributed by atoms with van der Waals surface area (Å²) in [5.74, 6) is 0. The maximum absolute atomic E-state index is 10.9. The highest BCUT2D eigenvalue weighted by molar-refractivity contribution is 7.38. The summed E-state index contributed by atoms with van der Waals surface area (Å²) in [5.41, 5.74) is -3.68. The highest BCUT2D eigenvalue weighted by Crippen LogP contribution is 2.53. The molecule has 1 saturated heterocycles. The van der Waals surface area contributed by atoms with E-state index in [4.69, 9.17) is 5.11 Å². The fourth-order valence-electron chi connectivity index (χ4n) is 1.55. The zero-order valence-corrected chi connectivity index (χ0v) is 10.4. The molecule has 0 aromatic rings. The van der Waals surface area contributed by atoms with E-state index in [1.165, 1.54) is 0 Å². The van der Waals surface area contributed by atoms with E-state index in [0.29, 0.717) is 0 Å². The lowest BCUT2D eigenvalue weighted by Gasteiger charge is -2.45. The fourth-order valence-corrected chi connectivity index (χ4v) is 3.32. The molecule has 10 nitrogen and oxygen atoms in total. The SMILES string of the molecule is O=P(=O)C1(O)O[C@H](CO)[C@@H](O)[C@H](O)[C@@]1(O)P(=O)=O. The Labute approximate surface area is 100 Å². The molecular formula is C6H10O10P2. The number of aliphatic hydroxyl groups is 5. The van der Waals surface area contributed by atoms with E-state index < -0.39 is 51.1 Å². The van der Waals surface area contributed by atoms with Crippen molar-refractivity contribution in [3.63, 3.8) is 0 Å². The zero-order valence-electron chi connectivity index (χ0n) is 8.61. The van der Waals surface area contributed by atoms with Crippen LogP contribution < -0.4 is 0 Å². The molecule has 0 saturated carbocycles. The summed E-state index contributed by atoms with van der Waals surface area (Å²) in [4.78, 5) is 0. The molecule has 0 aromatic carbocycles. The van der Waals surface area contributed by atoms with Crippen LogP contribution in [-0.4, -0.2) is 61.3 Å². The van der Waals surface area contributed by atoms with Gasteiger partial charge in [-0.05, 0) is 0 Å². The molecule has 1 aliphatic heterocycles. The summed E-state index contributed by atoms with van der Waals surface area (Å²) in [7, 11) is -8.19. The van der Waals surface area contributed by atoms with E-state index in [2.05, 4.69) is 4.74 Å². The Kier molecular flexibility index (Phi) is 4.26. The van der Waals surface area contributed by atoms with Gasteiger partial charge in [-0.1, -0.05) is 0 Å². The quantitative estimate of drug-likeness (QED) is 0.358. The first-order valence-electron chi connectivity index (χ1n) is 4.51. The molecule has 0 spiro atoms. The van der Waals surface area contributed by atoms with E-state index in [9.17, 15) is 38.7 Å². The third kappa shape index (κ3) is 1.91. The monoisotopic (exact) mass is 304 g/mol. The van der Waals surface area contributed by atoms with Gasteiger partial charge in [0.25, 0.3) is 5.34 Å². The third-order valence-electron chi connectivity index (χ3n) is 2.62. The topological polar surface area (TPSA) is 179 Å². The molecule has 1 rings (SSSR count). The summed E-state index contributed by atoms with van der Waals surface area (Å²) in [6.45, 7) is -1.02. The van der Waals surface area contributed by atoms with Gasteiger partial charge in [-0.15, -0.1) is 0 Å². The molecule has 0 bridgehead atoms. The van der Waals surface area contributed by atoms with Crippen molar-refractivity contribution in [3.05, 3.63) is 0 Å². The van der Waals surface area contributed by atoms with Crippen molar-refractivity contribution >= 4 is 15.4 Å². The smallest absolute Gasteiger partial charge is 0.381 e. The summed E-state index contributed by atoms with van der Waals surface area (Å²) in [6, 6.07) is 0. The van der Waals surface area contributed by atoms with E-state index in [0.717, 1.165) is 0 Å². The van der Waals surface area contributed by atoms with Crippen LogP contribution in [0, 0.1) is 0 Å². The maximum atomic E-state index is 10.9. The Morgan fingerprint density at radius 2 is 1.56 bits per heavy atom. The normalized spacial score (nSPS) is 44.6. The lowest BCUT2D eigenvalue weighted by molar-refractivity contribution is -0.324. The lowest BCUT2D eigenvalue weighted by Crippen LogP contribution is -2.69.